The molecule has 1 aliphatic heterocycles. The molecule has 0 aromatic heterocycles. The second kappa shape index (κ2) is 9.56. The molecule has 1 fully saturated rings. The summed E-state index contributed by atoms with van der Waals surface area (Å²) in [6.07, 6.45) is 4.64. The van der Waals surface area contributed by atoms with Crippen molar-refractivity contribution >= 4 is 17.3 Å². The quantitative estimate of drug-likeness (QED) is 0.765. The highest BCUT2D eigenvalue weighted by Crippen LogP contribution is 2.25. The SMILES string of the molecule is Cc1cc(N2CCCC2)ccc1NC(=O)CN(C)CCCc1ccccc1. The minimum absolute atomic E-state index is 0.0502. The minimum atomic E-state index is 0.0502. The maximum atomic E-state index is 12.4. The van der Waals surface area contributed by atoms with E-state index in [0.29, 0.717) is 6.54 Å². The lowest BCUT2D eigenvalue weighted by Gasteiger charge is -2.20. The van der Waals surface area contributed by atoms with Gasteiger partial charge in [-0.15, -0.1) is 0 Å². The van der Waals surface area contributed by atoms with E-state index in [0.717, 1.165) is 43.7 Å². The Morgan fingerprint density at radius 1 is 1.11 bits per heavy atom. The van der Waals surface area contributed by atoms with E-state index < -0.39 is 0 Å². The van der Waals surface area contributed by atoms with Crippen molar-refractivity contribution in [2.75, 3.05) is 43.4 Å². The van der Waals surface area contributed by atoms with Crippen molar-refractivity contribution in [3.8, 4) is 0 Å². The molecule has 0 saturated carbocycles. The van der Waals surface area contributed by atoms with Crippen LogP contribution in [0.15, 0.2) is 48.5 Å². The van der Waals surface area contributed by atoms with Gasteiger partial charge in [0.25, 0.3) is 0 Å². The van der Waals surface area contributed by atoms with E-state index in [1.54, 1.807) is 0 Å². The highest BCUT2D eigenvalue weighted by atomic mass is 16.2. The zero-order valence-electron chi connectivity index (χ0n) is 16.6. The smallest absolute Gasteiger partial charge is 0.238 e. The second-order valence-corrected chi connectivity index (χ2v) is 7.57. The molecule has 2 aromatic carbocycles. The van der Waals surface area contributed by atoms with Gasteiger partial charge in [0.1, 0.15) is 0 Å². The predicted octanol–water partition coefficient (Wildman–Crippen LogP) is 4.10. The van der Waals surface area contributed by atoms with Gasteiger partial charge in [-0.05, 0) is 75.5 Å². The fourth-order valence-corrected chi connectivity index (χ4v) is 3.67. The number of rotatable bonds is 8. The van der Waals surface area contributed by atoms with Crippen LogP contribution in [0.5, 0.6) is 0 Å². The molecule has 1 aliphatic rings. The summed E-state index contributed by atoms with van der Waals surface area (Å²) in [6.45, 7) is 5.67. The monoisotopic (exact) mass is 365 g/mol. The van der Waals surface area contributed by atoms with Crippen molar-refractivity contribution in [2.45, 2.75) is 32.6 Å². The van der Waals surface area contributed by atoms with E-state index in [-0.39, 0.29) is 5.91 Å². The summed E-state index contributed by atoms with van der Waals surface area (Å²) in [4.78, 5) is 16.9. The summed E-state index contributed by atoms with van der Waals surface area (Å²) in [7, 11) is 2.01. The van der Waals surface area contributed by atoms with Crippen LogP contribution in [0.25, 0.3) is 0 Å². The van der Waals surface area contributed by atoms with E-state index in [2.05, 4.69) is 58.4 Å². The van der Waals surface area contributed by atoms with Crippen LogP contribution >= 0.6 is 0 Å². The van der Waals surface area contributed by atoms with Gasteiger partial charge >= 0.3 is 0 Å². The van der Waals surface area contributed by atoms with Crippen LogP contribution < -0.4 is 10.2 Å². The zero-order chi connectivity index (χ0) is 19.1. The Hall–Kier alpha value is -2.33. The van der Waals surface area contributed by atoms with Crippen molar-refractivity contribution in [2.24, 2.45) is 0 Å². The van der Waals surface area contributed by atoms with E-state index >= 15 is 0 Å². The molecule has 1 N–H and O–H groups in total. The topological polar surface area (TPSA) is 35.6 Å². The second-order valence-electron chi connectivity index (χ2n) is 7.57. The minimum Gasteiger partial charge on any atom is -0.372 e. The number of carbonyl (C=O) groups is 1. The van der Waals surface area contributed by atoms with Crippen LogP contribution in [0.3, 0.4) is 0 Å². The van der Waals surface area contributed by atoms with E-state index in [1.807, 2.05) is 19.2 Å². The van der Waals surface area contributed by atoms with Crippen LogP contribution in [-0.4, -0.2) is 44.0 Å². The fourth-order valence-electron chi connectivity index (χ4n) is 3.67. The number of hydrogen-bond acceptors (Lipinski definition) is 3. The number of likely N-dealkylation sites (N-methyl/N-ethyl adjacent to an activating group) is 1. The van der Waals surface area contributed by atoms with Crippen molar-refractivity contribution in [1.82, 2.24) is 4.90 Å². The van der Waals surface area contributed by atoms with Gasteiger partial charge in [0.15, 0.2) is 0 Å². The third-order valence-electron chi connectivity index (χ3n) is 5.22. The van der Waals surface area contributed by atoms with Gasteiger partial charge in [-0.3, -0.25) is 9.69 Å². The summed E-state index contributed by atoms with van der Waals surface area (Å²) in [5.74, 6) is 0.0502. The summed E-state index contributed by atoms with van der Waals surface area (Å²) < 4.78 is 0. The molecule has 4 nitrogen and oxygen atoms in total. The van der Waals surface area contributed by atoms with Gasteiger partial charge in [0, 0.05) is 24.5 Å². The fraction of sp³-hybridized carbons (Fsp3) is 0.435. The Kier molecular flexibility index (Phi) is 6.88. The van der Waals surface area contributed by atoms with Gasteiger partial charge in [0.2, 0.25) is 5.91 Å². The molecule has 0 unspecified atom stereocenters. The maximum Gasteiger partial charge on any atom is 0.238 e. The van der Waals surface area contributed by atoms with Crippen LogP contribution in [0, 0.1) is 6.92 Å². The predicted molar refractivity (Wildman–Crippen MR) is 114 cm³/mol. The molecule has 1 saturated heterocycles. The van der Waals surface area contributed by atoms with Crippen molar-refractivity contribution in [3.05, 3.63) is 59.7 Å². The molecule has 3 rings (SSSR count). The summed E-state index contributed by atoms with van der Waals surface area (Å²) in [5, 5.41) is 3.07. The molecule has 1 amide bonds. The molecule has 0 bridgehead atoms. The van der Waals surface area contributed by atoms with Crippen molar-refractivity contribution in [3.63, 3.8) is 0 Å². The standard InChI is InChI=1S/C23H31N3O/c1-19-17-21(26-15-6-7-16-26)12-13-22(19)24-23(27)18-25(2)14-8-11-20-9-4-3-5-10-20/h3-5,9-10,12-13,17H,6-8,11,14-16,18H2,1-2H3,(H,24,27). The molecule has 27 heavy (non-hydrogen) atoms. The molecule has 0 spiro atoms. The normalized spacial score (nSPS) is 14.0. The molecule has 2 aromatic rings. The molecular formula is C23H31N3O. The number of nitrogens with one attached hydrogen (secondary N) is 1. The Morgan fingerprint density at radius 3 is 2.56 bits per heavy atom. The number of anilines is 2. The lowest BCUT2D eigenvalue weighted by molar-refractivity contribution is -0.117. The van der Waals surface area contributed by atoms with Gasteiger partial charge < -0.3 is 10.2 Å². The van der Waals surface area contributed by atoms with E-state index in [9.17, 15) is 4.79 Å². The van der Waals surface area contributed by atoms with Crippen LogP contribution in [0.4, 0.5) is 11.4 Å². The number of nitrogens with zero attached hydrogens (tertiary/aromatic N) is 2. The van der Waals surface area contributed by atoms with Crippen LogP contribution in [-0.2, 0) is 11.2 Å². The zero-order valence-corrected chi connectivity index (χ0v) is 16.6. The highest BCUT2D eigenvalue weighted by Gasteiger charge is 2.14. The third kappa shape index (κ3) is 5.83. The Labute approximate surface area is 163 Å². The van der Waals surface area contributed by atoms with Crippen molar-refractivity contribution < 1.29 is 4.79 Å². The van der Waals surface area contributed by atoms with Gasteiger partial charge in [-0.2, -0.15) is 0 Å². The summed E-state index contributed by atoms with van der Waals surface area (Å²) >= 11 is 0. The molecule has 1 heterocycles. The van der Waals surface area contributed by atoms with E-state index in [4.69, 9.17) is 0 Å². The number of benzene rings is 2. The van der Waals surface area contributed by atoms with Crippen LogP contribution in [0.1, 0.15) is 30.4 Å². The molecule has 0 radical (unpaired) electrons. The van der Waals surface area contributed by atoms with Gasteiger partial charge in [-0.1, -0.05) is 30.3 Å². The van der Waals surface area contributed by atoms with Crippen LogP contribution in [0.2, 0.25) is 0 Å². The van der Waals surface area contributed by atoms with Gasteiger partial charge in [-0.25, -0.2) is 0 Å². The highest BCUT2D eigenvalue weighted by molar-refractivity contribution is 5.93. The number of carbonyl (C=O) groups excluding carboxylic acids is 1. The average Bonchev–Trinajstić information content (AvgIpc) is 3.19. The molecule has 0 atom stereocenters. The lowest BCUT2D eigenvalue weighted by atomic mass is 10.1. The third-order valence-corrected chi connectivity index (χ3v) is 5.22. The summed E-state index contributed by atoms with van der Waals surface area (Å²) in [5.41, 5.74) is 4.66. The van der Waals surface area contributed by atoms with Crippen molar-refractivity contribution in [1.29, 1.82) is 0 Å². The Balaban J connectivity index is 1.44. The van der Waals surface area contributed by atoms with Gasteiger partial charge in [0.05, 0.1) is 6.54 Å². The average molecular weight is 366 g/mol. The number of hydrogen-bond donors (Lipinski definition) is 1. The molecular weight excluding hydrogens is 334 g/mol. The first-order valence-corrected chi connectivity index (χ1v) is 10.00. The summed E-state index contributed by atoms with van der Waals surface area (Å²) in [6, 6.07) is 16.8. The first-order chi connectivity index (χ1) is 13.1. The maximum absolute atomic E-state index is 12.4. The molecule has 4 heteroatoms. The first-order valence-electron chi connectivity index (χ1n) is 10.00. The number of aryl methyl sites for hydroxylation is 2. The first kappa shape index (κ1) is 19.4. The molecule has 144 valence electrons. The molecule has 0 aliphatic carbocycles. The lowest BCUT2D eigenvalue weighted by Crippen LogP contribution is -2.31. The Morgan fingerprint density at radius 2 is 1.85 bits per heavy atom. The Bertz CT molecular complexity index is 739. The number of amides is 1. The largest absolute Gasteiger partial charge is 0.372 e. The van der Waals surface area contributed by atoms with E-state index in [1.165, 1.54) is 24.1 Å².